The molecule has 3 aliphatic rings. The molecule has 1 aromatic carbocycles. The molecule has 2 fully saturated rings. The summed E-state index contributed by atoms with van der Waals surface area (Å²) in [7, 11) is 0. The molecule has 2 heterocycles. The van der Waals surface area contributed by atoms with Crippen LogP contribution in [0.2, 0.25) is 0 Å². The Bertz CT molecular complexity index is 836. The molecule has 0 bridgehead atoms. The van der Waals surface area contributed by atoms with Gasteiger partial charge in [-0.2, -0.15) is 0 Å². The Balaban J connectivity index is 1.43. The van der Waals surface area contributed by atoms with Crippen LogP contribution in [-0.4, -0.2) is 53.8 Å². The number of fused-ring (bicyclic) bond motifs is 2. The number of carbonyl (C=O) groups excluding carboxylic acids is 2. The van der Waals surface area contributed by atoms with Crippen LogP contribution in [0.4, 0.5) is 0 Å². The predicted molar refractivity (Wildman–Crippen MR) is 128 cm³/mol. The van der Waals surface area contributed by atoms with Gasteiger partial charge in [-0.25, -0.2) is 0 Å². The Morgan fingerprint density at radius 2 is 1.88 bits per heavy atom. The third-order valence-corrected chi connectivity index (χ3v) is 8.08. The Labute approximate surface area is 193 Å². The zero-order valence-electron chi connectivity index (χ0n) is 20.5. The van der Waals surface area contributed by atoms with Gasteiger partial charge in [-0.05, 0) is 87.0 Å². The molecular weight excluding hydrogens is 398 g/mol. The van der Waals surface area contributed by atoms with Crippen molar-refractivity contribution in [2.75, 3.05) is 26.2 Å². The van der Waals surface area contributed by atoms with Gasteiger partial charge in [0.25, 0.3) is 0 Å². The molecule has 0 aromatic heterocycles. The highest BCUT2D eigenvalue weighted by atomic mass is 16.2. The van der Waals surface area contributed by atoms with Gasteiger partial charge in [0.1, 0.15) is 6.04 Å². The zero-order valence-corrected chi connectivity index (χ0v) is 20.5. The van der Waals surface area contributed by atoms with E-state index >= 15 is 0 Å². The van der Waals surface area contributed by atoms with E-state index in [0.29, 0.717) is 18.4 Å². The number of carbonyl (C=O) groups is 2. The van der Waals surface area contributed by atoms with E-state index in [4.69, 9.17) is 0 Å². The molecule has 2 atom stereocenters. The molecule has 2 amide bonds. The number of piperidine rings is 1. The van der Waals surface area contributed by atoms with E-state index in [1.165, 1.54) is 36.9 Å². The maximum absolute atomic E-state index is 13.0. The monoisotopic (exact) mass is 439 g/mol. The molecule has 0 unspecified atom stereocenters. The van der Waals surface area contributed by atoms with Crippen molar-refractivity contribution in [1.82, 2.24) is 15.1 Å². The summed E-state index contributed by atoms with van der Waals surface area (Å²) in [5, 5.41) is 3.30. The van der Waals surface area contributed by atoms with Crippen molar-refractivity contribution in [3.63, 3.8) is 0 Å². The van der Waals surface area contributed by atoms with Gasteiger partial charge in [0.15, 0.2) is 0 Å². The van der Waals surface area contributed by atoms with E-state index < -0.39 is 0 Å². The minimum atomic E-state index is -0.390. The summed E-state index contributed by atoms with van der Waals surface area (Å²) in [4.78, 5) is 29.5. The standard InChI is InChI=1S/C27H41N3O2/c1-20(30-16-7-10-24(30)31)25(32)28-23-11-12-27(22-9-6-5-8-21(22)23)14-18-29(19-15-27)17-13-26(2,3)4/h5-6,8-9,20,23H,7,10-19H2,1-4H3,(H,28,32)/t20-,23+/m0/s1. The molecule has 0 radical (unpaired) electrons. The zero-order chi connectivity index (χ0) is 22.9. The summed E-state index contributed by atoms with van der Waals surface area (Å²) >= 11 is 0. The molecule has 1 spiro atoms. The average molecular weight is 440 g/mol. The second-order valence-corrected chi connectivity index (χ2v) is 11.5. The minimum Gasteiger partial charge on any atom is -0.348 e. The summed E-state index contributed by atoms with van der Waals surface area (Å²) in [5.41, 5.74) is 3.36. The van der Waals surface area contributed by atoms with Crippen LogP contribution >= 0.6 is 0 Å². The summed E-state index contributed by atoms with van der Waals surface area (Å²) in [6, 6.07) is 8.41. The van der Waals surface area contributed by atoms with Crippen molar-refractivity contribution in [2.45, 2.75) is 90.1 Å². The van der Waals surface area contributed by atoms with Crippen molar-refractivity contribution < 1.29 is 9.59 Å². The number of nitrogens with zero attached hydrogens (tertiary/aromatic N) is 2. The molecule has 176 valence electrons. The highest BCUT2D eigenvalue weighted by Gasteiger charge is 2.42. The van der Waals surface area contributed by atoms with Gasteiger partial charge in [0, 0.05) is 13.0 Å². The third kappa shape index (κ3) is 4.88. The maximum Gasteiger partial charge on any atom is 0.242 e. The van der Waals surface area contributed by atoms with Gasteiger partial charge >= 0.3 is 0 Å². The molecule has 32 heavy (non-hydrogen) atoms. The Hall–Kier alpha value is -1.88. The van der Waals surface area contributed by atoms with Crippen molar-refractivity contribution >= 4 is 11.8 Å². The largest absolute Gasteiger partial charge is 0.348 e. The van der Waals surface area contributed by atoms with E-state index in [0.717, 1.165) is 32.4 Å². The van der Waals surface area contributed by atoms with E-state index in [9.17, 15) is 9.59 Å². The number of nitrogens with one attached hydrogen (secondary N) is 1. The third-order valence-electron chi connectivity index (χ3n) is 8.08. The van der Waals surface area contributed by atoms with Crippen LogP contribution in [0.15, 0.2) is 24.3 Å². The number of rotatable bonds is 5. The highest BCUT2D eigenvalue weighted by Crippen LogP contribution is 2.48. The molecule has 1 aliphatic carbocycles. The summed E-state index contributed by atoms with van der Waals surface area (Å²) < 4.78 is 0. The Kier molecular flexibility index (Phi) is 6.67. The number of benzene rings is 1. The molecule has 2 saturated heterocycles. The molecule has 1 aromatic rings. The molecular formula is C27H41N3O2. The minimum absolute atomic E-state index is 0.0204. The molecule has 4 rings (SSSR count). The van der Waals surface area contributed by atoms with Crippen molar-refractivity contribution in [2.24, 2.45) is 5.41 Å². The molecule has 1 N–H and O–H groups in total. The van der Waals surface area contributed by atoms with Crippen LogP contribution in [0, 0.1) is 5.41 Å². The predicted octanol–water partition coefficient (Wildman–Crippen LogP) is 4.42. The van der Waals surface area contributed by atoms with E-state index in [-0.39, 0.29) is 29.3 Å². The first kappa shape index (κ1) is 23.3. The molecule has 5 nitrogen and oxygen atoms in total. The average Bonchev–Trinajstić information content (AvgIpc) is 3.20. The fourth-order valence-corrected chi connectivity index (χ4v) is 5.87. The molecule has 0 saturated carbocycles. The van der Waals surface area contributed by atoms with Gasteiger partial charge in [-0.3, -0.25) is 9.59 Å². The summed E-state index contributed by atoms with van der Waals surface area (Å²) in [6.45, 7) is 13.0. The van der Waals surface area contributed by atoms with Crippen LogP contribution in [0.25, 0.3) is 0 Å². The lowest BCUT2D eigenvalue weighted by molar-refractivity contribution is -0.137. The van der Waals surface area contributed by atoms with Crippen LogP contribution in [0.3, 0.4) is 0 Å². The van der Waals surface area contributed by atoms with Crippen LogP contribution in [0.1, 0.15) is 89.8 Å². The van der Waals surface area contributed by atoms with Crippen LogP contribution in [-0.2, 0) is 15.0 Å². The van der Waals surface area contributed by atoms with Gasteiger partial charge < -0.3 is 15.1 Å². The van der Waals surface area contributed by atoms with Gasteiger partial charge in [-0.15, -0.1) is 0 Å². The van der Waals surface area contributed by atoms with Crippen molar-refractivity contribution in [1.29, 1.82) is 0 Å². The number of amides is 2. The second-order valence-electron chi connectivity index (χ2n) is 11.5. The molecule has 2 aliphatic heterocycles. The van der Waals surface area contributed by atoms with Crippen molar-refractivity contribution in [3.8, 4) is 0 Å². The first-order valence-electron chi connectivity index (χ1n) is 12.6. The van der Waals surface area contributed by atoms with Gasteiger partial charge in [0.2, 0.25) is 11.8 Å². The van der Waals surface area contributed by atoms with Crippen LogP contribution in [0.5, 0.6) is 0 Å². The fraction of sp³-hybridized carbons (Fsp3) is 0.704. The van der Waals surface area contributed by atoms with Crippen molar-refractivity contribution in [3.05, 3.63) is 35.4 Å². The SMILES string of the molecule is C[C@@H](C(=O)N[C@@H]1CCC2(CCN(CCC(C)(C)C)CC2)c2ccccc21)N1CCCC1=O. The Morgan fingerprint density at radius 3 is 2.53 bits per heavy atom. The summed E-state index contributed by atoms with van der Waals surface area (Å²) in [6.07, 6.45) is 7.17. The van der Waals surface area contributed by atoms with Gasteiger partial charge in [-0.1, -0.05) is 45.0 Å². The number of likely N-dealkylation sites (tertiary alicyclic amines) is 2. The topological polar surface area (TPSA) is 52.7 Å². The molecule has 5 heteroatoms. The lowest BCUT2D eigenvalue weighted by Gasteiger charge is -2.47. The normalized spacial score (nSPS) is 24.4. The van der Waals surface area contributed by atoms with E-state index in [1.807, 2.05) is 6.92 Å². The lowest BCUT2D eigenvalue weighted by atomic mass is 9.63. The first-order chi connectivity index (χ1) is 15.2. The summed E-state index contributed by atoms with van der Waals surface area (Å²) in [5.74, 6) is 0.0851. The highest BCUT2D eigenvalue weighted by molar-refractivity contribution is 5.88. The fourth-order valence-electron chi connectivity index (χ4n) is 5.87. The lowest BCUT2D eigenvalue weighted by Crippen LogP contribution is -2.49. The Morgan fingerprint density at radius 1 is 1.16 bits per heavy atom. The van der Waals surface area contributed by atoms with Crippen LogP contribution < -0.4 is 5.32 Å². The first-order valence-corrected chi connectivity index (χ1v) is 12.6. The van der Waals surface area contributed by atoms with E-state index in [2.05, 4.69) is 55.3 Å². The number of hydrogen-bond donors (Lipinski definition) is 1. The maximum atomic E-state index is 13.0. The van der Waals surface area contributed by atoms with E-state index in [1.54, 1.807) is 4.90 Å². The quantitative estimate of drug-likeness (QED) is 0.739. The number of hydrogen-bond acceptors (Lipinski definition) is 3. The van der Waals surface area contributed by atoms with Gasteiger partial charge in [0.05, 0.1) is 6.04 Å². The smallest absolute Gasteiger partial charge is 0.242 e. The second kappa shape index (κ2) is 9.17.